The van der Waals surface area contributed by atoms with E-state index < -0.39 is 20.9 Å². The molecule has 0 heterocycles. The topological polar surface area (TPSA) is 165 Å². The quantitative estimate of drug-likeness (QED) is 0.236. The van der Waals surface area contributed by atoms with Crippen molar-refractivity contribution in [2.24, 2.45) is 5.14 Å². The average molecular weight is 381 g/mol. The van der Waals surface area contributed by atoms with Gasteiger partial charge in [0.2, 0.25) is 10.0 Å². The van der Waals surface area contributed by atoms with Gasteiger partial charge in [0, 0.05) is 12.1 Å². The summed E-state index contributed by atoms with van der Waals surface area (Å²) in [6, 6.07) is 8.83. The number of nitro benzene ring substituents is 1. The number of non-ortho nitro benzene ring substituents is 1. The van der Waals surface area contributed by atoms with Crippen molar-refractivity contribution in [1.29, 1.82) is 0 Å². The lowest BCUT2D eigenvalue weighted by Crippen LogP contribution is -2.14. The molecule has 2 rings (SSSR count). The first-order valence-corrected chi connectivity index (χ1v) is 8.70. The zero-order valence-electron chi connectivity index (χ0n) is 13.3. The van der Waals surface area contributed by atoms with Crippen LogP contribution in [-0.4, -0.2) is 32.5 Å². The molecule has 0 aliphatic rings. The molecule has 0 saturated carbocycles. The maximum Gasteiger partial charge on any atom is 0.340 e. The Kier molecular flexibility index (Phi) is 5.75. The molecule has 0 spiro atoms. The molecule has 0 radical (unpaired) electrons. The second kappa shape index (κ2) is 7.80. The number of ether oxygens (including phenoxy) is 2. The Morgan fingerprint density at radius 2 is 1.77 bits per heavy atom. The highest BCUT2D eigenvalue weighted by atomic mass is 32.2. The van der Waals surface area contributed by atoms with Crippen LogP contribution in [0.15, 0.2) is 47.4 Å². The van der Waals surface area contributed by atoms with Gasteiger partial charge >= 0.3 is 5.97 Å². The first kappa shape index (κ1) is 19.1. The molecule has 0 bridgehead atoms. The monoisotopic (exact) mass is 381 g/mol. The second-order valence-electron chi connectivity index (χ2n) is 5.03. The Bertz CT molecular complexity index is 927. The number of hydrogen-bond donors (Lipinski definition) is 2. The van der Waals surface area contributed by atoms with Crippen molar-refractivity contribution in [1.82, 2.24) is 0 Å². The van der Waals surface area contributed by atoms with Crippen LogP contribution < -0.4 is 15.6 Å². The summed E-state index contributed by atoms with van der Waals surface area (Å²) in [6.07, 6.45) is 0. The molecule has 10 nitrogen and oxygen atoms in total. The van der Waals surface area contributed by atoms with Crippen molar-refractivity contribution < 1.29 is 27.6 Å². The van der Waals surface area contributed by atoms with Crippen LogP contribution in [0, 0.1) is 10.1 Å². The molecule has 0 saturated heterocycles. The van der Waals surface area contributed by atoms with Crippen molar-refractivity contribution in [3.63, 3.8) is 0 Å². The van der Waals surface area contributed by atoms with Gasteiger partial charge in [0.25, 0.3) is 5.69 Å². The third kappa shape index (κ3) is 4.91. The van der Waals surface area contributed by atoms with Gasteiger partial charge in [0.15, 0.2) is 0 Å². The van der Waals surface area contributed by atoms with Gasteiger partial charge in [-0.3, -0.25) is 10.1 Å². The van der Waals surface area contributed by atoms with Crippen LogP contribution in [-0.2, 0) is 14.8 Å². The van der Waals surface area contributed by atoms with Gasteiger partial charge in [-0.15, -0.1) is 0 Å². The van der Waals surface area contributed by atoms with Gasteiger partial charge in [-0.05, 0) is 30.3 Å². The first-order valence-electron chi connectivity index (χ1n) is 7.15. The summed E-state index contributed by atoms with van der Waals surface area (Å²) in [5.41, 5.74) is 5.32. The molecule has 4 N–H and O–H groups in total. The number of rotatable bonds is 7. The molecule has 0 aliphatic carbocycles. The highest BCUT2D eigenvalue weighted by Gasteiger charge is 2.15. The number of anilines is 1. The van der Waals surface area contributed by atoms with Gasteiger partial charge < -0.3 is 15.2 Å². The molecule has 0 aliphatic heterocycles. The summed E-state index contributed by atoms with van der Waals surface area (Å²) in [6.45, 7) is -0.0977. The lowest BCUT2D eigenvalue weighted by atomic mass is 10.1. The van der Waals surface area contributed by atoms with Crippen LogP contribution in [0.5, 0.6) is 5.75 Å². The minimum absolute atomic E-state index is 0.00729. The average Bonchev–Trinajstić information content (AvgIpc) is 2.58. The Morgan fingerprint density at radius 3 is 2.31 bits per heavy atom. The number of nitrogen functional groups attached to an aromatic ring is 1. The molecule has 26 heavy (non-hydrogen) atoms. The van der Waals surface area contributed by atoms with E-state index in [1.807, 2.05) is 0 Å². The molecular formula is C15H15N3O7S. The maximum absolute atomic E-state index is 11.9. The number of hydrogen-bond acceptors (Lipinski definition) is 8. The SMILES string of the molecule is Nc1cc([N+](=O)[O-])ccc1C(=O)OCCOc1ccc(S(N)(=O)=O)cc1. The van der Waals surface area contributed by atoms with Crippen LogP contribution in [0.2, 0.25) is 0 Å². The van der Waals surface area contributed by atoms with Gasteiger partial charge in [0.1, 0.15) is 19.0 Å². The number of nitro groups is 1. The molecule has 0 atom stereocenters. The Morgan fingerprint density at radius 1 is 1.12 bits per heavy atom. The van der Waals surface area contributed by atoms with E-state index in [2.05, 4.69) is 0 Å². The molecule has 0 aromatic heterocycles. The van der Waals surface area contributed by atoms with Crippen LogP contribution in [0.1, 0.15) is 10.4 Å². The summed E-state index contributed by atoms with van der Waals surface area (Å²) in [4.78, 5) is 21.9. The van der Waals surface area contributed by atoms with Crippen molar-refractivity contribution in [2.75, 3.05) is 18.9 Å². The normalized spacial score (nSPS) is 11.0. The Balaban J connectivity index is 1.86. The lowest BCUT2D eigenvalue weighted by Gasteiger charge is -2.09. The fraction of sp³-hybridized carbons (Fsp3) is 0.133. The molecule has 2 aromatic carbocycles. The molecule has 0 unspecified atom stereocenters. The number of nitrogens with two attached hydrogens (primary N) is 2. The zero-order valence-corrected chi connectivity index (χ0v) is 14.1. The van der Waals surface area contributed by atoms with Gasteiger partial charge in [0.05, 0.1) is 21.1 Å². The van der Waals surface area contributed by atoms with E-state index in [1.54, 1.807) is 0 Å². The molecular weight excluding hydrogens is 366 g/mol. The van der Waals surface area contributed by atoms with Crippen molar-refractivity contribution in [2.45, 2.75) is 4.90 Å². The van der Waals surface area contributed by atoms with E-state index in [0.29, 0.717) is 5.75 Å². The third-order valence-electron chi connectivity index (χ3n) is 3.20. The summed E-state index contributed by atoms with van der Waals surface area (Å²) in [7, 11) is -3.78. The molecule has 2 aromatic rings. The minimum Gasteiger partial charge on any atom is -0.490 e. The van der Waals surface area contributed by atoms with Crippen molar-refractivity contribution in [3.05, 3.63) is 58.1 Å². The van der Waals surface area contributed by atoms with E-state index in [1.165, 1.54) is 30.3 Å². The minimum atomic E-state index is -3.78. The third-order valence-corrected chi connectivity index (χ3v) is 4.13. The molecule has 0 amide bonds. The van der Waals surface area contributed by atoms with Crippen LogP contribution in [0.3, 0.4) is 0 Å². The van der Waals surface area contributed by atoms with Gasteiger partial charge in [-0.2, -0.15) is 0 Å². The largest absolute Gasteiger partial charge is 0.490 e. The predicted octanol–water partition coefficient (Wildman–Crippen LogP) is 1.06. The van der Waals surface area contributed by atoms with E-state index in [0.717, 1.165) is 12.1 Å². The molecule has 11 heteroatoms. The van der Waals surface area contributed by atoms with E-state index in [-0.39, 0.29) is 35.0 Å². The Labute approximate surface area is 148 Å². The number of sulfonamides is 1. The van der Waals surface area contributed by atoms with Crippen LogP contribution in [0.4, 0.5) is 11.4 Å². The number of nitrogens with zero attached hydrogens (tertiary/aromatic N) is 1. The Hall–Kier alpha value is -3.18. The number of esters is 1. The fourth-order valence-electron chi connectivity index (χ4n) is 1.95. The van der Waals surface area contributed by atoms with E-state index >= 15 is 0 Å². The molecule has 0 fully saturated rings. The summed E-state index contributed by atoms with van der Waals surface area (Å²) in [5, 5.41) is 15.6. The van der Waals surface area contributed by atoms with Crippen LogP contribution in [0.25, 0.3) is 0 Å². The van der Waals surface area contributed by atoms with Crippen molar-refractivity contribution in [3.8, 4) is 5.75 Å². The van der Waals surface area contributed by atoms with E-state index in [4.69, 9.17) is 20.3 Å². The maximum atomic E-state index is 11.9. The number of benzene rings is 2. The van der Waals surface area contributed by atoms with E-state index in [9.17, 15) is 23.3 Å². The fourth-order valence-corrected chi connectivity index (χ4v) is 2.46. The number of primary sulfonamides is 1. The second-order valence-corrected chi connectivity index (χ2v) is 6.59. The standard InChI is InChI=1S/C15H15N3O7S/c16-14-9-10(18(20)21)1-6-13(14)15(19)25-8-7-24-11-2-4-12(5-3-11)26(17,22)23/h1-6,9H,7-8,16H2,(H2,17,22,23). The summed E-state index contributed by atoms with van der Waals surface area (Å²) in [5.74, 6) is -0.381. The smallest absolute Gasteiger partial charge is 0.340 e. The highest BCUT2D eigenvalue weighted by Crippen LogP contribution is 2.20. The van der Waals surface area contributed by atoms with Crippen molar-refractivity contribution >= 4 is 27.4 Å². The van der Waals surface area contributed by atoms with Gasteiger partial charge in [-0.1, -0.05) is 0 Å². The predicted molar refractivity (Wildman–Crippen MR) is 91.1 cm³/mol. The summed E-state index contributed by atoms with van der Waals surface area (Å²) >= 11 is 0. The molecule has 138 valence electrons. The zero-order chi connectivity index (χ0) is 19.3. The van der Waals surface area contributed by atoms with Crippen LogP contribution >= 0.6 is 0 Å². The summed E-state index contributed by atoms with van der Waals surface area (Å²) < 4.78 is 32.6. The number of carbonyl (C=O) groups excluding carboxylic acids is 1. The highest BCUT2D eigenvalue weighted by molar-refractivity contribution is 7.89. The first-order chi connectivity index (χ1) is 12.2. The number of carbonyl (C=O) groups is 1. The lowest BCUT2D eigenvalue weighted by molar-refractivity contribution is -0.384. The van der Waals surface area contributed by atoms with Gasteiger partial charge in [-0.25, -0.2) is 18.4 Å².